The average Bonchev–Trinajstić information content (AvgIpc) is 2.45. The molecule has 0 aromatic carbocycles. The molecule has 1 aromatic heterocycles. The van der Waals surface area contributed by atoms with E-state index in [1.165, 1.54) is 6.20 Å². The molecule has 6 nitrogen and oxygen atoms in total. The van der Waals surface area contributed by atoms with Gasteiger partial charge in [0.15, 0.2) is 0 Å². The highest BCUT2D eigenvalue weighted by atomic mass is 16.2. The summed E-state index contributed by atoms with van der Waals surface area (Å²) < 4.78 is 0. The number of nitrogens with two attached hydrogens (primary N) is 1. The van der Waals surface area contributed by atoms with Crippen molar-refractivity contribution in [3.05, 3.63) is 29.6 Å². The van der Waals surface area contributed by atoms with Gasteiger partial charge in [-0.2, -0.15) is 0 Å². The second kappa shape index (κ2) is 7.84. The Balaban J connectivity index is 2.59. The van der Waals surface area contributed by atoms with E-state index in [0.29, 0.717) is 11.1 Å². The van der Waals surface area contributed by atoms with Gasteiger partial charge in [0.2, 0.25) is 5.91 Å². The Morgan fingerprint density at radius 2 is 2.21 bits per heavy atom. The molecule has 0 bridgehead atoms. The molecule has 4 N–H and O–H groups in total. The highest BCUT2D eigenvalue weighted by Crippen LogP contribution is 2.01. The molecule has 0 radical (unpaired) electrons. The summed E-state index contributed by atoms with van der Waals surface area (Å²) in [5.74, 6) is 5.08. The van der Waals surface area contributed by atoms with Crippen molar-refractivity contribution in [1.29, 1.82) is 0 Å². The smallest absolute Gasteiger partial charge is 0.252 e. The second-order valence-electron chi connectivity index (χ2n) is 3.65. The summed E-state index contributed by atoms with van der Waals surface area (Å²) in [5, 5.41) is 5.11. The Morgan fingerprint density at radius 3 is 2.89 bits per heavy atom. The largest absolute Gasteiger partial charge is 0.359 e. The lowest BCUT2D eigenvalue weighted by Crippen LogP contribution is -2.29. The highest BCUT2D eigenvalue weighted by molar-refractivity contribution is 5.94. The van der Waals surface area contributed by atoms with Crippen molar-refractivity contribution in [2.75, 3.05) is 20.1 Å². The zero-order valence-corrected chi connectivity index (χ0v) is 10.7. The molecular formula is C13H16N4O2. The lowest BCUT2D eigenvalue weighted by molar-refractivity contribution is -0.120. The molecule has 2 amide bonds. The molecule has 1 aromatic rings. The molecule has 0 aliphatic rings. The Bertz CT molecular complexity index is 517. The molecule has 0 saturated carbocycles. The molecule has 0 unspecified atom stereocenters. The predicted molar refractivity (Wildman–Crippen MR) is 71.2 cm³/mol. The van der Waals surface area contributed by atoms with Crippen molar-refractivity contribution >= 4 is 11.8 Å². The van der Waals surface area contributed by atoms with Crippen LogP contribution in [0, 0.1) is 11.8 Å². The first-order chi connectivity index (χ1) is 9.17. The van der Waals surface area contributed by atoms with E-state index in [0.717, 1.165) is 0 Å². The molecule has 0 aliphatic carbocycles. The van der Waals surface area contributed by atoms with Crippen molar-refractivity contribution in [2.45, 2.75) is 6.42 Å². The van der Waals surface area contributed by atoms with Crippen LogP contribution in [0.15, 0.2) is 18.5 Å². The first-order valence-corrected chi connectivity index (χ1v) is 5.80. The fraction of sp³-hybridized carbons (Fsp3) is 0.308. The molecule has 19 heavy (non-hydrogen) atoms. The van der Waals surface area contributed by atoms with E-state index < -0.39 is 0 Å². The Kier molecular flexibility index (Phi) is 6.06. The normalized spacial score (nSPS) is 9.16. The number of nitrogens with one attached hydrogen (secondary N) is 2. The molecule has 1 heterocycles. The van der Waals surface area contributed by atoms with Crippen LogP contribution in [0.2, 0.25) is 0 Å². The van der Waals surface area contributed by atoms with E-state index in [2.05, 4.69) is 27.5 Å². The van der Waals surface area contributed by atoms with E-state index >= 15 is 0 Å². The Hall–Kier alpha value is -2.39. The van der Waals surface area contributed by atoms with Gasteiger partial charge in [-0.05, 0) is 6.07 Å². The van der Waals surface area contributed by atoms with Crippen LogP contribution in [0.4, 0.5) is 0 Å². The van der Waals surface area contributed by atoms with E-state index in [1.54, 1.807) is 19.3 Å². The van der Waals surface area contributed by atoms with Gasteiger partial charge in [0.1, 0.15) is 0 Å². The quantitative estimate of drug-likeness (QED) is 0.621. The molecule has 0 saturated heterocycles. The molecule has 0 aliphatic heterocycles. The lowest BCUT2D eigenvalue weighted by atomic mass is 10.2. The van der Waals surface area contributed by atoms with Crippen LogP contribution >= 0.6 is 0 Å². The monoisotopic (exact) mass is 260 g/mol. The van der Waals surface area contributed by atoms with Crippen LogP contribution in [0.5, 0.6) is 0 Å². The number of carbonyl (C=O) groups is 2. The maximum Gasteiger partial charge on any atom is 0.252 e. The van der Waals surface area contributed by atoms with Gasteiger partial charge in [0, 0.05) is 38.0 Å². The maximum absolute atomic E-state index is 11.8. The zero-order valence-electron chi connectivity index (χ0n) is 10.7. The van der Waals surface area contributed by atoms with Gasteiger partial charge in [-0.3, -0.25) is 14.6 Å². The Morgan fingerprint density at radius 1 is 1.42 bits per heavy atom. The van der Waals surface area contributed by atoms with Crippen molar-refractivity contribution in [2.24, 2.45) is 5.73 Å². The van der Waals surface area contributed by atoms with E-state index in [4.69, 9.17) is 5.73 Å². The standard InChI is InChI=1S/C13H16N4O2/c1-15-12(18)4-6-17-13(19)11-7-10(3-2-5-14)8-16-9-11/h7-9H,4-6,14H2,1H3,(H,15,18)(H,17,19). The summed E-state index contributed by atoms with van der Waals surface area (Å²) in [4.78, 5) is 26.7. The summed E-state index contributed by atoms with van der Waals surface area (Å²) in [6.45, 7) is 0.528. The topological polar surface area (TPSA) is 97.1 Å². The van der Waals surface area contributed by atoms with Gasteiger partial charge in [0.25, 0.3) is 5.91 Å². The van der Waals surface area contributed by atoms with Gasteiger partial charge >= 0.3 is 0 Å². The predicted octanol–water partition coefficient (Wildman–Crippen LogP) is -0.742. The summed E-state index contributed by atoms with van der Waals surface area (Å²) >= 11 is 0. The third-order valence-corrected chi connectivity index (χ3v) is 2.25. The molecule has 1 rings (SSSR count). The summed E-state index contributed by atoms with van der Waals surface area (Å²) in [6.07, 6.45) is 3.25. The van der Waals surface area contributed by atoms with E-state index in [9.17, 15) is 9.59 Å². The first-order valence-electron chi connectivity index (χ1n) is 5.80. The second-order valence-corrected chi connectivity index (χ2v) is 3.65. The highest BCUT2D eigenvalue weighted by Gasteiger charge is 2.06. The zero-order chi connectivity index (χ0) is 14.1. The third-order valence-electron chi connectivity index (χ3n) is 2.25. The van der Waals surface area contributed by atoms with Crippen LogP contribution in [0.25, 0.3) is 0 Å². The van der Waals surface area contributed by atoms with Crippen molar-refractivity contribution in [3.63, 3.8) is 0 Å². The van der Waals surface area contributed by atoms with Crippen molar-refractivity contribution < 1.29 is 9.59 Å². The molecule has 0 spiro atoms. The number of aromatic nitrogens is 1. The number of carbonyl (C=O) groups excluding carboxylic acids is 2. The van der Waals surface area contributed by atoms with Crippen LogP contribution < -0.4 is 16.4 Å². The van der Waals surface area contributed by atoms with Gasteiger partial charge in [-0.25, -0.2) is 0 Å². The van der Waals surface area contributed by atoms with E-state index in [1.807, 2.05) is 0 Å². The summed E-state index contributed by atoms with van der Waals surface area (Å²) in [6, 6.07) is 1.63. The minimum absolute atomic E-state index is 0.124. The number of rotatable bonds is 4. The third kappa shape index (κ3) is 5.19. The van der Waals surface area contributed by atoms with Crippen LogP contribution in [0.1, 0.15) is 22.3 Å². The maximum atomic E-state index is 11.8. The minimum atomic E-state index is -0.284. The SMILES string of the molecule is CNC(=O)CCNC(=O)c1cncc(C#CCN)c1. The minimum Gasteiger partial charge on any atom is -0.359 e. The average molecular weight is 260 g/mol. The van der Waals surface area contributed by atoms with Gasteiger partial charge < -0.3 is 16.4 Å². The molecular weight excluding hydrogens is 244 g/mol. The number of hydrogen-bond donors (Lipinski definition) is 3. The van der Waals surface area contributed by atoms with Crippen molar-refractivity contribution in [1.82, 2.24) is 15.6 Å². The fourth-order valence-electron chi connectivity index (χ4n) is 1.30. The van der Waals surface area contributed by atoms with Crippen LogP contribution in [-0.4, -0.2) is 36.9 Å². The number of hydrogen-bond acceptors (Lipinski definition) is 4. The molecule has 0 fully saturated rings. The molecule has 100 valence electrons. The van der Waals surface area contributed by atoms with Gasteiger partial charge in [-0.15, -0.1) is 0 Å². The van der Waals surface area contributed by atoms with Crippen molar-refractivity contribution in [3.8, 4) is 11.8 Å². The summed E-state index contributed by atoms with van der Waals surface area (Å²) in [7, 11) is 1.55. The van der Waals surface area contributed by atoms with Crippen LogP contribution in [0.3, 0.4) is 0 Å². The van der Waals surface area contributed by atoms with Crippen LogP contribution in [-0.2, 0) is 4.79 Å². The Labute approximate surface area is 111 Å². The van der Waals surface area contributed by atoms with Gasteiger partial charge in [0.05, 0.1) is 12.1 Å². The molecule has 0 atom stereocenters. The summed E-state index contributed by atoms with van der Waals surface area (Å²) in [5.41, 5.74) is 6.30. The lowest BCUT2D eigenvalue weighted by Gasteiger charge is -2.04. The van der Waals surface area contributed by atoms with E-state index in [-0.39, 0.29) is 31.3 Å². The number of amides is 2. The molecule has 6 heteroatoms. The first kappa shape index (κ1) is 14.7. The number of pyridine rings is 1. The van der Waals surface area contributed by atoms with Gasteiger partial charge in [-0.1, -0.05) is 11.8 Å². The fourth-order valence-corrected chi connectivity index (χ4v) is 1.30. The number of nitrogens with zero attached hydrogens (tertiary/aromatic N) is 1.